The molecule has 12 heavy (non-hydrogen) atoms. The molecule has 0 aliphatic heterocycles. The minimum absolute atomic E-state index is 0. The molecule has 0 aliphatic carbocycles. The molecule has 73 valence electrons. The first-order chi connectivity index (χ1) is 3.42. The van der Waals surface area contributed by atoms with Crippen LogP contribution in [0.5, 0.6) is 0 Å². The Morgan fingerprint density at radius 1 is 1.17 bits per heavy atom. The predicted octanol–water partition coefficient (Wildman–Crippen LogP) is 3.18. The zero-order valence-corrected chi connectivity index (χ0v) is 10.6. The summed E-state index contributed by atoms with van der Waals surface area (Å²) in [6.07, 6.45) is 0. The molecule has 3 heteroatoms. The zero-order chi connectivity index (χ0) is 6.78. The van der Waals surface area contributed by atoms with Gasteiger partial charge < -0.3 is 32.1 Å². The summed E-state index contributed by atoms with van der Waals surface area (Å²) in [6, 6.07) is 0. The Morgan fingerprint density at radius 3 is 1.42 bits per heavy atom. The molecule has 0 saturated carbocycles. The standard InChI is InChI=1S/C6H12O2.3CH3.Ti/c1-5(7)8-6(2,3)4;;;;/h7H,1H2,2-4H3;3*1H3;/q;3*-1;+3. The Hall–Kier alpha value is 0.0543. The molecule has 0 aromatic heterocycles. The average Bonchev–Trinajstić information content (AvgIpc) is 1.21. The van der Waals surface area contributed by atoms with Crippen molar-refractivity contribution in [1.29, 1.82) is 0 Å². The van der Waals surface area contributed by atoms with E-state index >= 15 is 0 Å². The monoisotopic (exact) mass is 209 g/mol. The number of ether oxygens (including phenoxy) is 1. The molecule has 0 fully saturated rings. The van der Waals surface area contributed by atoms with E-state index in [2.05, 4.69) is 6.58 Å². The summed E-state index contributed by atoms with van der Waals surface area (Å²) in [7, 11) is 0. The summed E-state index contributed by atoms with van der Waals surface area (Å²) < 4.78 is 4.80. The van der Waals surface area contributed by atoms with E-state index in [9.17, 15) is 0 Å². The van der Waals surface area contributed by atoms with Crippen molar-refractivity contribution in [1.82, 2.24) is 0 Å². The van der Waals surface area contributed by atoms with Crippen molar-refractivity contribution in [2.75, 3.05) is 0 Å². The Bertz CT molecular complexity index is 95.2. The minimum Gasteiger partial charge on any atom is -0.481 e. The molecule has 0 unspecified atom stereocenters. The number of rotatable bonds is 1. The summed E-state index contributed by atoms with van der Waals surface area (Å²) in [5.41, 5.74) is -0.328. The first-order valence-electron chi connectivity index (χ1n) is 2.49. The maximum absolute atomic E-state index is 8.47. The van der Waals surface area contributed by atoms with Crippen LogP contribution in [0.4, 0.5) is 0 Å². The van der Waals surface area contributed by atoms with Gasteiger partial charge in [-0.1, -0.05) is 0 Å². The number of hydrogen-bond acceptors (Lipinski definition) is 2. The Kier molecular flexibility index (Phi) is 27.3. The van der Waals surface area contributed by atoms with Crippen LogP contribution in [-0.2, 0) is 26.5 Å². The van der Waals surface area contributed by atoms with Crippen molar-refractivity contribution in [3.8, 4) is 0 Å². The molecule has 0 rings (SSSR count). The van der Waals surface area contributed by atoms with Gasteiger partial charge in [0.25, 0.3) is 5.95 Å². The third-order valence-electron chi connectivity index (χ3n) is 0.424. The van der Waals surface area contributed by atoms with Crippen LogP contribution < -0.4 is 0 Å². The van der Waals surface area contributed by atoms with Gasteiger partial charge in [0.2, 0.25) is 0 Å². The van der Waals surface area contributed by atoms with Gasteiger partial charge in [-0.15, -0.1) is 0 Å². The summed E-state index contributed by atoms with van der Waals surface area (Å²) in [5.74, 6) is -0.225. The van der Waals surface area contributed by atoms with Crippen molar-refractivity contribution >= 4 is 0 Å². The molecule has 0 aliphatic rings. The second-order valence-electron chi connectivity index (χ2n) is 2.61. The van der Waals surface area contributed by atoms with Gasteiger partial charge in [0.1, 0.15) is 5.60 Å². The molecule has 0 aromatic carbocycles. The van der Waals surface area contributed by atoms with E-state index in [0.717, 1.165) is 0 Å². The van der Waals surface area contributed by atoms with Crippen molar-refractivity contribution in [2.24, 2.45) is 0 Å². The van der Waals surface area contributed by atoms with E-state index in [1.54, 1.807) is 0 Å². The van der Waals surface area contributed by atoms with E-state index in [4.69, 9.17) is 9.84 Å². The molecule has 0 saturated heterocycles. The first-order valence-corrected chi connectivity index (χ1v) is 2.49. The fourth-order valence-corrected chi connectivity index (χ4v) is 0.353. The number of aliphatic hydroxyl groups excluding tert-OH is 1. The van der Waals surface area contributed by atoms with E-state index in [1.165, 1.54) is 0 Å². The van der Waals surface area contributed by atoms with Crippen LogP contribution in [0.1, 0.15) is 20.8 Å². The minimum atomic E-state index is -0.328. The van der Waals surface area contributed by atoms with Crippen molar-refractivity contribution in [2.45, 2.75) is 26.4 Å². The topological polar surface area (TPSA) is 29.5 Å². The van der Waals surface area contributed by atoms with Crippen LogP contribution >= 0.6 is 0 Å². The Labute approximate surface area is 92.9 Å². The van der Waals surface area contributed by atoms with Crippen LogP contribution in [0, 0.1) is 22.3 Å². The fourth-order valence-electron chi connectivity index (χ4n) is 0.353. The predicted molar refractivity (Wildman–Crippen MR) is 51.8 cm³/mol. The fraction of sp³-hybridized carbons (Fsp3) is 0.444. The van der Waals surface area contributed by atoms with Crippen LogP contribution in [0.15, 0.2) is 12.5 Å². The molecule has 2 nitrogen and oxygen atoms in total. The van der Waals surface area contributed by atoms with Crippen LogP contribution in [0.3, 0.4) is 0 Å². The molecule has 0 spiro atoms. The normalized spacial score (nSPS) is 7.25. The second-order valence-corrected chi connectivity index (χ2v) is 2.61. The van der Waals surface area contributed by atoms with Crippen LogP contribution in [-0.4, -0.2) is 10.7 Å². The molecule has 0 heterocycles. The maximum atomic E-state index is 8.47. The summed E-state index contributed by atoms with van der Waals surface area (Å²) in [6.45, 7) is 8.70. The van der Waals surface area contributed by atoms with Gasteiger partial charge in [0, 0.05) is 0 Å². The van der Waals surface area contributed by atoms with Gasteiger partial charge in [-0.2, -0.15) is 0 Å². The molecular formula is C9H21O2Ti. The maximum Gasteiger partial charge on any atom is 3.00 e. The smallest absolute Gasteiger partial charge is 0.481 e. The number of hydrogen-bond donors (Lipinski definition) is 1. The third kappa shape index (κ3) is 32.3. The van der Waals surface area contributed by atoms with Gasteiger partial charge >= 0.3 is 21.7 Å². The van der Waals surface area contributed by atoms with Crippen LogP contribution in [0.2, 0.25) is 0 Å². The molecule has 0 amide bonds. The largest absolute Gasteiger partial charge is 3.00 e. The zero-order valence-electron chi connectivity index (χ0n) is 9.06. The van der Waals surface area contributed by atoms with Crippen molar-refractivity contribution < 1.29 is 31.6 Å². The molecular weight excluding hydrogens is 188 g/mol. The van der Waals surface area contributed by atoms with Gasteiger partial charge in [-0.05, 0) is 27.4 Å². The van der Waals surface area contributed by atoms with Crippen molar-refractivity contribution in [3.05, 3.63) is 34.8 Å². The van der Waals surface area contributed by atoms with Crippen molar-refractivity contribution in [3.63, 3.8) is 0 Å². The van der Waals surface area contributed by atoms with Gasteiger partial charge in [0.05, 0.1) is 0 Å². The molecule has 1 radical (unpaired) electrons. The van der Waals surface area contributed by atoms with Crippen LogP contribution in [0.25, 0.3) is 0 Å². The molecule has 1 N–H and O–H groups in total. The van der Waals surface area contributed by atoms with Gasteiger partial charge in [-0.3, -0.25) is 0 Å². The third-order valence-corrected chi connectivity index (χ3v) is 0.424. The van der Waals surface area contributed by atoms with E-state index < -0.39 is 0 Å². The van der Waals surface area contributed by atoms with Gasteiger partial charge in [0.15, 0.2) is 0 Å². The molecule has 0 aromatic rings. The first kappa shape index (κ1) is 29.6. The quantitative estimate of drug-likeness (QED) is 0.408. The van der Waals surface area contributed by atoms with Gasteiger partial charge in [-0.25, -0.2) is 0 Å². The van der Waals surface area contributed by atoms with E-state index in [-0.39, 0.29) is 55.5 Å². The Morgan fingerprint density at radius 2 is 1.42 bits per heavy atom. The SMILES string of the molecule is C=C(O)OC(C)(C)C.[CH3-].[CH3-].[CH3-].[Ti+3]. The summed E-state index contributed by atoms with van der Waals surface area (Å²) in [5, 5.41) is 8.47. The second kappa shape index (κ2) is 11.1. The van der Waals surface area contributed by atoms with E-state index in [0.29, 0.717) is 0 Å². The average molecular weight is 209 g/mol. The summed E-state index contributed by atoms with van der Waals surface area (Å²) in [4.78, 5) is 0. The Balaban J connectivity index is -0.0000000408. The summed E-state index contributed by atoms with van der Waals surface area (Å²) >= 11 is 0. The van der Waals surface area contributed by atoms with E-state index in [1.807, 2.05) is 20.8 Å². The number of aliphatic hydroxyl groups is 1. The molecule has 0 atom stereocenters. The molecule has 0 bridgehead atoms.